The highest BCUT2D eigenvalue weighted by atomic mass is 32.2. The van der Waals surface area contributed by atoms with Gasteiger partial charge in [0.1, 0.15) is 4.83 Å². The lowest BCUT2D eigenvalue weighted by Gasteiger charge is -2.12. The van der Waals surface area contributed by atoms with Gasteiger partial charge in [-0.1, -0.05) is 54.6 Å². The molecule has 2 heterocycles. The Labute approximate surface area is 194 Å². The average Bonchev–Trinajstić information content (AvgIpc) is 3.09. The lowest BCUT2D eigenvalue weighted by Crippen LogP contribution is -2.40. The van der Waals surface area contributed by atoms with Crippen LogP contribution < -0.4 is 16.2 Å². The highest BCUT2D eigenvalue weighted by molar-refractivity contribution is 7.99. The Hall–Kier alpha value is -2.91. The largest absolute Gasteiger partial charge is 0.334 e. The zero-order chi connectivity index (χ0) is 23.3. The van der Waals surface area contributed by atoms with Gasteiger partial charge in [0.25, 0.3) is 5.56 Å². The Balaban J connectivity index is 1.93. The van der Waals surface area contributed by atoms with E-state index in [1.54, 1.807) is 4.57 Å². The van der Waals surface area contributed by atoms with Crippen LogP contribution in [-0.2, 0) is 17.8 Å². The molecule has 168 valence electrons. The van der Waals surface area contributed by atoms with Crippen LogP contribution in [0, 0.1) is 13.8 Å². The van der Waals surface area contributed by atoms with Crippen LogP contribution in [0.25, 0.3) is 10.2 Å². The second-order valence-corrected chi connectivity index (χ2v) is 9.32. The molecule has 0 bridgehead atoms. The first kappa shape index (κ1) is 23.7. The lowest BCUT2D eigenvalue weighted by atomic mass is 10.1. The van der Waals surface area contributed by atoms with E-state index in [1.807, 2.05) is 38.1 Å². The van der Waals surface area contributed by atoms with Crippen molar-refractivity contribution in [2.45, 2.75) is 38.9 Å². The van der Waals surface area contributed by atoms with Crippen LogP contribution in [0.3, 0.4) is 0 Å². The molecule has 0 saturated carbocycles. The van der Waals surface area contributed by atoms with Gasteiger partial charge in [-0.2, -0.15) is 0 Å². The third-order valence-corrected chi connectivity index (χ3v) is 7.20. The second kappa shape index (κ2) is 10.6. The second-order valence-electron chi connectivity index (χ2n) is 7.29. The minimum Gasteiger partial charge on any atom is -0.334 e. The van der Waals surface area contributed by atoms with Crippen molar-refractivity contribution >= 4 is 45.3 Å². The number of aryl methyl sites for hydroxylation is 3. The summed E-state index contributed by atoms with van der Waals surface area (Å²) in [4.78, 5) is 43.9. The highest BCUT2D eigenvalue weighted by Crippen LogP contribution is 2.29. The van der Waals surface area contributed by atoms with E-state index in [9.17, 15) is 14.4 Å². The number of amides is 3. The number of benzene rings is 1. The molecule has 3 rings (SSSR count). The summed E-state index contributed by atoms with van der Waals surface area (Å²) in [7, 11) is 0. The van der Waals surface area contributed by atoms with Gasteiger partial charge in [-0.05, 0) is 31.4 Å². The number of thiophene rings is 1. The maximum absolute atomic E-state index is 13.5. The molecule has 3 amide bonds. The van der Waals surface area contributed by atoms with Crippen molar-refractivity contribution in [2.24, 2.45) is 0 Å². The number of hydrogen-bond acceptors (Lipinski definition) is 6. The molecule has 7 nitrogen and oxygen atoms in total. The summed E-state index contributed by atoms with van der Waals surface area (Å²) in [6.07, 6.45) is 2.35. The molecule has 0 spiro atoms. The number of fused-ring (bicyclic) bond motifs is 1. The summed E-state index contributed by atoms with van der Waals surface area (Å²) in [5, 5.41) is 5.84. The first-order chi connectivity index (χ1) is 15.3. The summed E-state index contributed by atoms with van der Waals surface area (Å²) in [5.41, 5.74) is 2.96. The summed E-state index contributed by atoms with van der Waals surface area (Å²) < 4.78 is 1.61. The minimum absolute atomic E-state index is 0.0433. The number of urea groups is 1. The molecule has 0 aliphatic heterocycles. The standard InChI is InChI=1S/C23H26N4O3S2/c1-5-11-24-22(30)25-18(28)13-31-23-26-20-19(15(4)17(6-2)32-20)21(29)27(23)12-16-9-7-14(3)8-10-16/h5,7-10H,1,6,11-13H2,2-4H3,(H2,24,25,28,30). The normalized spacial score (nSPS) is 10.8. The number of imide groups is 1. The van der Waals surface area contributed by atoms with E-state index in [-0.39, 0.29) is 17.9 Å². The van der Waals surface area contributed by atoms with Crippen LogP contribution in [0.2, 0.25) is 0 Å². The topological polar surface area (TPSA) is 93.1 Å². The molecule has 0 unspecified atom stereocenters. The van der Waals surface area contributed by atoms with Gasteiger partial charge in [0.2, 0.25) is 5.91 Å². The maximum Gasteiger partial charge on any atom is 0.321 e. The number of aromatic nitrogens is 2. The van der Waals surface area contributed by atoms with Crippen LogP contribution in [0.1, 0.15) is 28.5 Å². The van der Waals surface area contributed by atoms with Crippen molar-refractivity contribution in [1.82, 2.24) is 20.2 Å². The molecule has 0 aliphatic rings. The zero-order valence-corrected chi connectivity index (χ0v) is 20.0. The molecule has 2 aromatic heterocycles. The van der Waals surface area contributed by atoms with E-state index in [1.165, 1.54) is 17.4 Å². The molecule has 0 atom stereocenters. The molecule has 0 aliphatic carbocycles. The van der Waals surface area contributed by atoms with Crippen molar-refractivity contribution in [3.8, 4) is 0 Å². The third-order valence-electron chi connectivity index (χ3n) is 4.89. The van der Waals surface area contributed by atoms with E-state index in [2.05, 4.69) is 24.1 Å². The molecule has 2 N–H and O–H groups in total. The molecule has 0 fully saturated rings. The predicted octanol–water partition coefficient (Wildman–Crippen LogP) is 3.79. The Kier molecular flexibility index (Phi) is 7.87. The number of nitrogens with one attached hydrogen (secondary N) is 2. The molecule has 9 heteroatoms. The van der Waals surface area contributed by atoms with Gasteiger partial charge in [0.15, 0.2) is 5.16 Å². The highest BCUT2D eigenvalue weighted by Gasteiger charge is 2.19. The van der Waals surface area contributed by atoms with Crippen molar-refractivity contribution in [3.63, 3.8) is 0 Å². The molecule has 1 aromatic carbocycles. The van der Waals surface area contributed by atoms with E-state index in [4.69, 9.17) is 4.98 Å². The van der Waals surface area contributed by atoms with Crippen molar-refractivity contribution in [2.75, 3.05) is 12.3 Å². The van der Waals surface area contributed by atoms with E-state index in [0.29, 0.717) is 21.9 Å². The molecule has 32 heavy (non-hydrogen) atoms. The van der Waals surface area contributed by atoms with Crippen molar-refractivity contribution < 1.29 is 9.59 Å². The number of thioether (sulfide) groups is 1. The summed E-state index contributed by atoms with van der Waals surface area (Å²) >= 11 is 2.65. The smallest absolute Gasteiger partial charge is 0.321 e. The van der Waals surface area contributed by atoms with E-state index in [0.717, 1.165) is 39.8 Å². The van der Waals surface area contributed by atoms with Crippen molar-refractivity contribution in [1.29, 1.82) is 0 Å². The maximum atomic E-state index is 13.5. The zero-order valence-electron chi connectivity index (χ0n) is 18.4. The lowest BCUT2D eigenvalue weighted by molar-refractivity contribution is -0.117. The molecule has 0 saturated heterocycles. The Bertz CT molecular complexity index is 1210. The molecular weight excluding hydrogens is 444 g/mol. The minimum atomic E-state index is -0.586. The quantitative estimate of drug-likeness (QED) is 0.297. The summed E-state index contributed by atoms with van der Waals surface area (Å²) in [5.74, 6) is -0.511. The Morgan fingerprint density at radius 3 is 2.62 bits per heavy atom. The molecule has 0 radical (unpaired) electrons. The fourth-order valence-electron chi connectivity index (χ4n) is 3.21. The van der Waals surface area contributed by atoms with Crippen LogP contribution in [0.4, 0.5) is 4.79 Å². The van der Waals surface area contributed by atoms with E-state index < -0.39 is 11.9 Å². The van der Waals surface area contributed by atoms with Gasteiger partial charge >= 0.3 is 6.03 Å². The predicted molar refractivity (Wildman–Crippen MR) is 131 cm³/mol. The number of rotatable bonds is 8. The van der Waals surface area contributed by atoms with E-state index >= 15 is 0 Å². The van der Waals surface area contributed by atoms with Gasteiger partial charge in [-0.3, -0.25) is 19.5 Å². The van der Waals surface area contributed by atoms with Gasteiger partial charge in [0, 0.05) is 11.4 Å². The number of nitrogens with zero attached hydrogens (tertiary/aromatic N) is 2. The van der Waals surface area contributed by atoms with Gasteiger partial charge in [-0.15, -0.1) is 17.9 Å². The fraction of sp³-hybridized carbons (Fsp3) is 0.304. The summed E-state index contributed by atoms with van der Waals surface area (Å²) in [6.45, 7) is 10.1. The fourth-order valence-corrected chi connectivity index (χ4v) is 5.17. The van der Waals surface area contributed by atoms with Gasteiger partial charge in [0.05, 0.1) is 17.7 Å². The number of hydrogen-bond donors (Lipinski definition) is 2. The molecule has 3 aromatic rings. The summed E-state index contributed by atoms with van der Waals surface area (Å²) in [6, 6.07) is 7.38. The number of carbonyl (C=O) groups excluding carboxylic acids is 2. The van der Waals surface area contributed by atoms with Crippen molar-refractivity contribution in [3.05, 3.63) is 68.8 Å². The first-order valence-corrected chi connectivity index (χ1v) is 12.0. The van der Waals surface area contributed by atoms with Gasteiger partial charge in [-0.25, -0.2) is 9.78 Å². The Morgan fingerprint density at radius 2 is 1.97 bits per heavy atom. The van der Waals surface area contributed by atoms with Crippen LogP contribution in [0.15, 0.2) is 46.9 Å². The first-order valence-electron chi connectivity index (χ1n) is 10.2. The number of carbonyl (C=O) groups is 2. The monoisotopic (exact) mass is 470 g/mol. The molecular formula is C23H26N4O3S2. The average molecular weight is 471 g/mol. The Morgan fingerprint density at radius 1 is 1.25 bits per heavy atom. The SMILES string of the molecule is C=CCNC(=O)NC(=O)CSc1nc2sc(CC)c(C)c2c(=O)n1Cc1ccc(C)cc1. The third kappa shape index (κ3) is 5.46. The van der Waals surface area contributed by atoms with Crippen LogP contribution in [-0.4, -0.2) is 33.8 Å². The van der Waals surface area contributed by atoms with Gasteiger partial charge < -0.3 is 5.32 Å². The van der Waals surface area contributed by atoms with Crippen LogP contribution in [0.5, 0.6) is 0 Å². The van der Waals surface area contributed by atoms with Crippen LogP contribution >= 0.6 is 23.1 Å².